The number of carbonyl (C=O) groups is 2. The van der Waals surface area contributed by atoms with Crippen LogP contribution in [0.25, 0.3) is 0 Å². The summed E-state index contributed by atoms with van der Waals surface area (Å²) in [5, 5.41) is 3.85. The molecule has 0 unspecified atom stereocenters. The lowest BCUT2D eigenvalue weighted by atomic mass is 10.1. The van der Waals surface area contributed by atoms with E-state index in [1.807, 2.05) is 20.8 Å². The largest absolute Gasteiger partial charge is 0.329 e. The number of thiazole rings is 1. The van der Waals surface area contributed by atoms with Gasteiger partial charge in [-0.15, -0.1) is 11.3 Å². The van der Waals surface area contributed by atoms with Crippen LogP contribution in [0.1, 0.15) is 29.1 Å². The third-order valence-electron chi connectivity index (χ3n) is 3.17. The van der Waals surface area contributed by atoms with Gasteiger partial charge in [-0.2, -0.15) is 0 Å². The second kappa shape index (κ2) is 8.26. The van der Waals surface area contributed by atoms with Gasteiger partial charge in [0, 0.05) is 28.2 Å². The Morgan fingerprint density at radius 1 is 1.29 bits per heavy atom. The van der Waals surface area contributed by atoms with E-state index in [9.17, 15) is 9.59 Å². The third-order valence-corrected chi connectivity index (χ3v) is 4.25. The molecule has 2 amide bonds. The average molecular weight is 366 g/mol. The van der Waals surface area contributed by atoms with E-state index in [1.54, 1.807) is 35.4 Å². The van der Waals surface area contributed by atoms with E-state index < -0.39 is 0 Å². The van der Waals surface area contributed by atoms with Crippen LogP contribution < -0.4 is 5.32 Å². The first-order valence-corrected chi connectivity index (χ1v) is 8.81. The number of aryl methyl sites for hydroxylation is 1. The normalized spacial score (nSPS) is 10.7. The highest BCUT2D eigenvalue weighted by Crippen LogP contribution is 2.17. The van der Waals surface area contributed by atoms with E-state index in [4.69, 9.17) is 11.6 Å². The van der Waals surface area contributed by atoms with Crippen molar-refractivity contribution in [3.8, 4) is 0 Å². The van der Waals surface area contributed by atoms with Gasteiger partial charge in [-0.1, -0.05) is 25.4 Å². The molecule has 0 spiro atoms. The van der Waals surface area contributed by atoms with Crippen molar-refractivity contribution in [1.29, 1.82) is 0 Å². The molecule has 1 aromatic carbocycles. The van der Waals surface area contributed by atoms with E-state index in [0.29, 0.717) is 22.3 Å². The van der Waals surface area contributed by atoms with Gasteiger partial charge in [0.1, 0.15) is 6.54 Å². The number of benzene rings is 1. The molecule has 5 nitrogen and oxygen atoms in total. The Balaban J connectivity index is 2.08. The molecule has 0 saturated heterocycles. The summed E-state index contributed by atoms with van der Waals surface area (Å²) in [6.45, 7) is 6.40. The van der Waals surface area contributed by atoms with Gasteiger partial charge in [0.2, 0.25) is 5.91 Å². The van der Waals surface area contributed by atoms with Crippen molar-refractivity contribution >= 4 is 39.9 Å². The predicted octanol–water partition coefficient (Wildman–Crippen LogP) is 3.84. The van der Waals surface area contributed by atoms with Crippen LogP contribution in [0.4, 0.5) is 5.13 Å². The Kier molecular flexibility index (Phi) is 6.34. The first-order valence-electron chi connectivity index (χ1n) is 7.62. The van der Waals surface area contributed by atoms with E-state index in [-0.39, 0.29) is 24.3 Å². The molecule has 2 rings (SSSR count). The summed E-state index contributed by atoms with van der Waals surface area (Å²) >= 11 is 7.26. The first-order chi connectivity index (χ1) is 11.3. The predicted molar refractivity (Wildman–Crippen MR) is 97.7 cm³/mol. The van der Waals surface area contributed by atoms with Crippen LogP contribution in [0.5, 0.6) is 0 Å². The second-order valence-corrected chi connectivity index (χ2v) is 7.58. The number of aromatic nitrogens is 1. The number of hydrogen-bond acceptors (Lipinski definition) is 4. The first kappa shape index (κ1) is 18.4. The summed E-state index contributed by atoms with van der Waals surface area (Å²) in [6, 6.07) is 6.67. The quantitative estimate of drug-likeness (QED) is 0.845. The summed E-state index contributed by atoms with van der Waals surface area (Å²) in [6.07, 6.45) is 1.70. The highest BCUT2D eigenvalue weighted by molar-refractivity contribution is 7.15. The number of rotatable bonds is 6. The topological polar surface area (TPSA) is 62.3 Å². The number of halogens is 1. The van der Waals surface area contributed by atoms with Crippen LogP contribution in [0.2, 0.25) is 5.02 Å². The summed E-state index contributed by atoms with van der Waals surface area (Å²) in [5.74, 6) is -0.200. The molecule has 2 aromatic rings. The molecule has 0 bridgehead atoms. The smallest absolute Gasteiger partial charge is 0.254 e. The van der Waals surface area contributed by atoms with Gasteiger partial charge in [0.05, 0.1) is 0 Å². The molecule has 24 heavy (non-hydrogen) atoms. The second-order valence-electron chi connectivity index (χ2n) is 5.91. The molecule has 0 aliphatic heterocycles. The molecule has 0 radical (unpaired) electrons. The van der Waals surface area contributed by atoms with Gasteiger partial charge in [0.25, 0.3) is 5.91 Å². The van der Waals surface area contributed by atoms with Crippen molar-refractivity contribution in [3.05, 3.63) is 45.9 Å². The molecule has 0 atom stereocenters. The van der Waals surface area contributed by atoms with Gasteiger partial charge in [0.15, 0.2) is 5.13 Å². The monoisotopic (exact) mass is 365 g/mol. The van der Waals surface area contributed by atoms with Crippen LogP contribution in [0, 0.1) is 12.8 Å². The van der Waals surface area contributed by atoms with Gasteiger partial charge >= 0.3 is 0 Å². The summed E-state index contributed by atoms with van der Waals surface area (Å²) < 4.78 is 0. The van der Waals surface area contributed by atoms with Crippen molar-refractivity contribution in [2.75, 3.05) is 18.4 Å². The number of carbonyl (C=O) groups excluding carboxylic acids is 2. The van der Waals surface area contributed by atoms with Gasteiger partial charge in [-0.3, -0.25) is 9.59 Å². The van der Waals surface area contributed by atoms with E-state index in [2.05, 4.69) is 10.3 Å². The highest BCUT2D eigenvalue weighted by atomic mass is 35.5. The molecule has 1 aromatic heterocycles. The molecular formula is C17H20ClN3O2S. The van der Waals surface area contributed by atoms with E-state index >= 15 is 0 Å². The summed E-state index contributed by atoms with van der Waals surface area (Å²) in [5.41, 5.74) is 0.512. The van der Waals surface area contributed by atoms with Crippen LogP contribution in [-0.2, 0) is 4.79 Å². The Bertz CT molecular complexity index is 713. The van der Waals surface area contributed by atoms with Crippen LogP contribution >= 0.6 is 22.9 Å². The zero-order chi connectivity index (χ0) is 17.7. The van der Waals surface area contributed by atoms with E-state index in [0.717, 1.165) is 4.88 Å². The lowest BCUT2D eigenvalue weighted by Crippen LogP contribution is -2.40. The van der Waals surface area contributed by atoms with Crippen molar-refractivity contribution in [2.45, 2.75) is 20.8 Å². The number of anilines is 1. The summed E-state index contributed by atoms with van der Waals surface area (Å²) in [4.78, 5) is 31.6. The maximum absolute atomic E-state index is 12.7. The number of nitrogens with one attached hydrogen (secondary N) is 1. The zero-order valence-corrected chi connectivity index (χ0v) is 15.4. The fourth-order valence-corrected chi connectivity index (χ4v) is 2.99. The number of nitrogens with zero attached hydrogens (tertiary/aromatic N) is 2. The Morgan fingerprint density at radius 2 is 1.96 bits per heavy atom. The van der Waals surface area contributed by atoms with Gasteiger partial charge < -0.3 is 10.2 Å². The van der Waals surface area contributed by atoms with Crippen molar-refractivity contribution in [2.24, 2.45) is 5.92 Å². The maximum Gasteiger partial charge on any atom is 0.254 e. The fourth-order valence-electron chi connectivity index (χ4n) is 2.18. The SMILES string of the molecule is Cc1cnc(NC(=O)CN(CC(C)C)C(=O)c2ccc(Cl)cc2)s1. The van der Waals surface area contributed by atoms with E-state index in [1.165, 1.54) is 11.3 Å². The minimum Gasteiger partial charge on any atom is -0.329 e. The van der Waals surface area contributed by atoms with Crippen molar-refractivity contribution < 1.29 is 9.59 Å². The third kappa shape index (κ3) is 5.32. The lowest BCUT2D eigenvalue weighted by Gasteiger charge is -2.24. The molecule has 1 heterocycles. The molecular weight excluding hydrogens is 346 g/mol. The molecule has 128 valence electrons. The maximum atomic E-state index is 12.7. The molecule has 0 aliphatic carbocycles. The number of amides is 2. The van der Waals surface area contributed by atoms with Gasteiger partial charge in [-0.25, -0.2) is 4.98 Å². The lowest BCUT2D eigenvalue weighted by molar-refractivity contribution is -0.117. The van der Waals surface area contributed by atoms with Crippen molar-refractivity contribution in [1.82, 2.24) is 9.88 Å². The molecule has 1 N–H and O–H groups in total. The summed E-state index contributed by atoms with van der Waals surface area (Å²) in [7, 11) is 0. The Hall–Kier alpha value is -1.92. The molecule has 0 fully saturated rings. The van der Waals surface area contributed by atoms with Crippen LogP contribution in [0.15, 0.2) is 30.5 Å². The van der Waals surface area contributed by atoms with Crippen LogP contribution in [-0.4, -0.2) is 34.8 Å². The van der Waals surface area contributed by atoms with Gasteiger partial charge in [-0.05, 0) is 37.1 Å². The molecule has 0 saturated carbocycles. The van der Waals surface area contributed by atoms with Crippen molar-refractivity contribution in [3.63, 3.8) is 0 Å². The Morgan fingerprint density at radius 3 is 2.50 bits per heavy atom. The molecule has 0 aliphatic rings. The standard InChI is InChI=1S/C17H20ClN3O2S/c1-11(2)9-21(16(23)13-4-6-14(18)7-5-13)10-15(22)20-17-19-8-12(3)24-17/h4-8,11H,9-10H2,1-3H3,(H,19,20,22). The molecule has 7 heteroatoms. The minimum atomic E-state index is -0.257. The fraction of sp³-hybridized carbons (Fsp3) is 0.353. The average Bonchev–Trinajstić information content (AvgIpc) is 2.91. The van der Waals surface area contributed by atoms with Crippen LogP contribution in [0.3, 0.4) is 0 Å². The minimum absolute atomic E-state index is 0.0156. The highest BCUT2D eigenvalue weighted by Gasteiger charge is 2.20. The Labute approximate surface area is 150 Å². The number of hydrogen-bond donors (Lipinski definition) is 1. The zero-order valence-electron chi connectivity index (χ0n) is 13.9.